The highest BCUT2D eigenvalue weighted by atomic mass is 19.4. The molecule has 21 heavy (non-hydrogen) atoms. The van der Waals surface area contributed by atoms with Gasteiger partial charge in [0.25, 0.3) is 5.91 Å². The molecular weight excluding hydrogens is 288 g/mol. The van der Waals surface area contributed by atoms with Crippen LogP contribution in [-0.4, -0.2) is 5.91 Å². The molecular formula is C14H10F4N2O. The van der Waals surface area contributed by atoms with Crippen molar-refractivity contribution < 1.29 is 22.4 Å². The minimum absolute atomic E-state index is 0.197. The molecule has 2 aromatic carbocycles. The molecule has 3 nitrogen and oxygen atoms in total. The van der Waals surface area contributed by atoms with Gasteiger partial charge in [0, 0.05) is 11.3 Å². The zero-order chi connectivity index (χ0) is 15.6. The van der Waals surface area contributed by atoms with Crippen LogP contribution in [0.2, 0.25) is 0 Å². The molecule has 2 aromatic rings. The number of amides is 1. The largest absolute Gasteiger partial charge is 0.416 e. The fraction of sp³-hybridized carbons (Fsp3) is 0.0714. The molecule has 110 valence electrons. The van der Waals surface area contributed by atoms with Gasteiger partial charge < -0.3 is 11.1 Å². The van der Waals surface area contributed by atoms with Gasteiger partial charge in [-0.25, -0.2) is 4.39 Å². The number of alkyl halides is 3. The number of hydrogen-bond acceptors (Lipinski definition) is 2. The molecule has 1 amide bonds. The van der Waals surface area contributed by atoms with E-state index in [0.717, 1.165) is 18.2 Å². The number of nitrogen functional groups attached to an aromatic ring is 1. The highest BCUT2D eigenvalue weighted by Crippen LogP contribution is 2.29. The van der Waals surface area contributed by atoms with Crippen molar-refractivity contribution in [1.29, 1.82) is 0 Å². The van der Waals surface area contributed by atoms with Crippen LogP contribution in [0.25, 0.3) is 0 Å². The summed E-state index contributed by atoms with van der Waals surface area (Å²) in [5, 5.41) is 2.18. The van der Waals surface area contributed by atoms with Crippen LogP contribution in [-0.2, 0) is 6.18 Å². The van der Waals surface area contributed by atoms with E-state index in [4.69, 9.17) is 5.73 Å². The summed E-state index contributed by atoms with van der Waals surface area (Å²) in [7, 11) is 0. The summed E-state index contributed by atoms with van der Waals surface area (Å²) in [6.07, 6.45) is -4.56. The summed E-state index contributed by atoms with van der Waals surface area (Å²) in [4.78, 5) is 11.9. The van der Waals surface area contributed by atoms with Crippen molar-refractivity contribution >= 4 is 17.3 Å². The van der Waals surface area contributed by atoms with Crippen LogP contribution in [0.5, 0.6) is 0 Å². The lowest BCUT2D eigenvalue weighted by molar-refractivity contribution is -0.137. The van der Waals surface area contributed by atoms with Crippen LogP contribution in [0.15, 0.2) is 42.5 Å². The van der Waals surface area contributed by atoms with Crippen LogP contribution < -0.4 is 11.1 Å². The van der Waals surface area contributed by atoms with Crippen molar-refractivity contribution in [3.05, 3.63) is 59.4 Å². The zero-order valence-electron chi connectivity index (χ0n) is 10.5. The summed E-state index contributed by atoms with van der Waals surface area (Å²) >= 11 is 0. The molecule has 0 aliphatic rings. The van der Waals surface area contributed by atoms with Crippen molar-refractivity contribution in [2.24, 2.45) is 0 Å². The van der Waals surface area contributed by atoms with E-state index in [1.807, 2.05) is 0 Å². The Bertz CT molecular complexity index is 683. The fourth-order valence-corrected chi connectivity index (χ4v) is 1.67. The van der Waals surface area contributed by atoms with E-state index in [9.17, 15) is 22.4 Å². The van der Waals surface area contributed by atoms with Crippen molar-refractivity contribution in [2.75, 3.05) is 11.1 Å². The number of anilines is 2. The van der Waals surface area contributed by atoms with E-state index < -0.39 is 23.5 Å². The summed E-state index contributed by atoms with van der Waals surface area (Å²) in [5.74, 6) is -1.59. The van der Waals surface area contributed by atoms with Gasteiger partial charge in [-0.2, -0.15) is 13.2 Å². The summed E-state index contributed by atoms with van der Waals surface area (Å²) in [6.45, 7) is 0. The second-order valence-electron chi connectivity index (χ2n) is 4.27. The number of benzene rings is 2. The van der Waals surface area contributed by atoms with Gasteiger partial charge in [-0.05, 0) is 36.4 Å². The Labute approximate surface area is 117 Å². The number of nitrogens with one attached hydrogen (secondary N) is 1. The Hall–Kier alpha value is -2.57. The second kappa shape index (κ2) is 5.43. The smallest absolute Gasteiger partial charge is 0.399 e. The first-order valence-corrected chi connectivity index (χ1v) is 5.81. The lowest BCUT2D eigenvalue weighted by Gasteiger charge is -2.10. The molecule has 0 spiro atoms. The monoisotopic (exact) mass is 298 g/mol. The zero-order valence-corrected chi connectivity index (χ0v) is 10.5. The van der Waals surface area contributed by atoms with Crippen LogP contribution in [0.3, 0.4) is 0 Å². The van der Waals surface area contributed by atoms with E-state index in [1.54, 1.807) is 0 Å². The molecule has 0 saturated heterocycles. The van der Waals surface area contributed by atoms with Gasteiger partial charge in [0.05, 0.1) is 11.3 Å². The third-order valence-electron chi connectivity index (χ3n) is 2.69. The number of halogens is 4. The SMILES string of the molecule is Nc1ccc(F)c(NC(=O)c2cccc(C(F)(F)F)c2)c1. The standard InChI is InChI=1S/C14H10F4N2O/c15-11-5-4-10(19)7-12(11)20-13(21)8-2-1-3-9(6-8)14(16,17)18/h1-7H,19H2,(H,20,21). The molecule has 2 rings (SSSR count). The lowest BCUT2D eigenvalue weighted by Crippen LogP contribution is -2.15. The Kier molecular flexibility index (Phi) is 3.84. The number of hydrogen-bond donors (Lipinski definition) is 2. The Balaban J connectivity index is 2.27. The summed E-state index contributed by atoms with van der Waals surface area (Å²) in [6, 6.07) is 7.38. The lowest BCUT2D eigenvalue weighted by atomic mass is 10.1. The summed E-state index contributed by atoms with van der Waals surface area (Å²) < 4.78 is 51.2. The molecule has 0 fully saturated rings. The average Bonchev–Trinajstić information content (AvgIpc) is 2.42. The summed E-state index contributed by atoms with van der Waals surface area (Å²) in [5.41, 5.74) is 4.29. The van der Waals surface area contributed by atoms with Gasteiger partial charge >= 0.3 is 6.18 Å². The normalized spacial score (nSPS) is 11.2. The molecule has 0 unspecified atom stereocenters. The first-order chi connectivity index (χ1) is 9.77. The Morgan fingerprint density at radius 2 is 1.81 bits per heavy atom. The maximum Gasteiger partial charge on any atom is 0.416 e. The van der Waals surface area contributed by atoms with Crippen LogP contribution in [0.4, 0.5) is 28.9 Å². The van der Waals surface area contributed by atoms with Gasteiger partial charge in [-0.15, -0.1) is 0 Å². The highest BCUT2D eigenvalue weighted by Gasteiger charge is 2.30. The molecule has 7 heteroatoms. The number of nitrogens with two attached hydrogens (primary N) is 1. The van der Waals surface area contributed by atoms with Gasteiger partial charge in [0.1, 0.15) is 5.82 Å². The van der Waals surface area contributed by atoms with Crippen molar-refractivity contribution in [3.8, 4) is 0 Å². The molecule has 0 saturated carbocycles. The second-order valence-corrected chi connectivity index (χ2v) is 4.27. The van der Waals surface area contributed by atoms with Gasteiger partial charge in [0.2, 0.25) is 0 Å². The molecule has 0 aliphatic carbocycles. The molecule has 0 bridgehead atoms. The quantitative estimate of drug-likeness (QED) is 0.656. The molecule has 0 aliphatic heterocycles. The molecule has 0 aromatic heterocycles. The van der Waals surface area contributed by atoms with E-state index in [0.29, 0.717) is 6.07 Å². The molecule has 0 heterocycles. The minimum atomic E-state index is -4.56. The van der Waals surface area contributed by atoms with E-state index in [-0.39, 0.29) is 16.9 Å². The van der Waals surface area contributed by atoms with Crippen LogP contribution in [0.1, 0.15) is 15.9 Å². The van der Waals surface area contributed by atoms with Gasteiger partial charge in [-0.1, -0.05) is 6.07 Å². The van der Waals surface area contributed by atoms with E-state index >= 15 is 0 Å². The number of carbonyl (C=O) groups excluding carboxylic acids is 1. The van der Waals surface area contributed by atoms with E-state index in [1.165, 1.54) is 18.2 Å². The average molecular weight is 298 g/mol. The topological polar surface area (TPSA) is 55.1 Å². The predicted molar refractivity (Wildman–Crippen MR) is 70.2 cm³/mol. The van der Waals surface area contributed by atoms with Gasteiger partial charge in [0.15, 0.2) is 0 Å². The molecule has 3 N–H and O–H groups in total. The highest BCUT2D eigenvalue weighted by molar-refractivity contribution is 6.04. The predicted octanol–water partition coefficient (Wildman–Crippen LogP) is 3.68. The maximum absolute atomic E-state index is 13.5. The first kappa shape index (κ1) is 14.8. The maximum atomic E-state index is 13.5. The van der Waals surface area contributed by atoms with Crippen molar-refractivity contribution in [1.82, 2.24) is 0 Å². The first-order valence-electron chi connectivity index (χ1n) is 5.81. The fourth-order valence-electron chi connectivity index (χ4n) is 1.67. The van der Waals surface area contributed by atoms with Crippen LogP contribution in [0, 0.1) is 5.82 Å². The third-order valence-corrected chi connectivity index (χ3v) is 2.69. The van der Waals surface area contributed by atoms with Crippen molar-refractivity contribution in [2.45, 2.75) is 6.18 Å². The minimum Gasteiger partial charge on any atom is -0.399 e. The third kappa shape index (κ3) is 3.50. The Morgan fingerprint density at radius 3 is 2.48 bits per heavy atom. The molecule has 0 radical (unpaired) electrons. The number of rotatable bonds is 2. The van der Waals surface area contributed by atoms with E-state index in [2.05, 4.69) is 5.32 Å². The number of carbonyl (C=O) groups is 1. The van der Waals surface area contributed by atoms with Gasteiger partial charge in [-0.3, -0.25) is 4.79 Å². The van der Waals surface area contributed by atoms with Crippen LogP contribution >= 0.6 is 0 Å². The molecule has 0 atom stereocenters. The Morgan fingerprint density at radius 1 is 1.10 bits per heavy atom. The van der Waals surface area contributed by atoms with Crippen molar-refractivity contribution in [3.63, 3.8) is 0 Å².